The van der Waals surface area contributed by atoms with Crippen molar-refractivity contribution < 1.29 is 40.2 Å². The number of carbonyl (C=O) groups excluding carboxylic acids is 2. The average Bonchev–Trinajstić information content (AvgIpc) is 2.34. The van der Waals surface area contributed by atoms with E-state index < -0.39 is 12.3 Å². The SMILES string of the molecule is CC(C)(C)C1CCCCC1(OO)C(C)(C)C.O=C([O-])[O-].O=C([O-])[O-]. The minimum Gasteiger partial charge on any atom is -0.652 e. The smallest absolute Gasteiger partial charge is 0.111 e. The van der Waals surface area contributed by atoms with Crippen LogP contribution < -0.4 is 20.4 Å². The molecular weight excluding hydrogens is 320 g/mol. The largest absolute Gasteiger partial charge is 0.652 e. The van der Waals surface area contributed by atoms with Crippen molar-refractivity contribution >= 4 is 12.3 Å². The van der Waals surface area contributed by atoms with Gasteiger partial charge in [0.05, 0.1) is 0 Å². The fraction of sp³-hybridized carbons (Fsp3) is 0.875. The molecule has 1 saturated carbocycles. The van der Waals surface area contributed by atoms with Crippen molar-refractivity contribution in [3.63, 3.8) is 0 Å². The molecule has 1 N–H and O–H groups in total. The van der Waals surface area contributed by atoms with Gasteiger partial charge in [-0.25, -0.2) is 4.89 Å². The van der Waals surface area contributed by atoms with Crippen molar-refractivity contribution in [3.05, 3.63) is 0 Å². The predicted molar refractivity (Wildman–Crippen MR) is 78.1 cm³/mol. The van der Waals surface area contributed by atoms with Crippen LogP contribution in [-0.2, 0) is 4.89 Å². The second kappa shape index (κ2) is 9.68. The molecule has 24 heavy (non-hydrogen) atoms. The van der Waals surface area contributed by atoms with Crippen LogP contribution in [0.5, 0.6) is 0 Å². The highest BCUT2D eigenvalue weighted by Crippen LogP contribution is 2.53. The third-order valence-corrected chi connectivity index (χ3v) is 4.33. The molecule has 0 saturated heterocycles. The van der Waals surface area contributed by atoms with Gasteiger partial charge in [0.25, 0.3) is 0 Å². The Balaban J connectivity index is 0. The van der Waals surface area contributed by atoms with E-state index in [1.54, 1.807) is 0 Å². The highest BCUT2D eigenvalue weighted by atomic mass is 17.1. The Morgan fingerprint density at radius 2 is 1.33 bits per heavy atom. The van der Waals surface area contributed by atoms with Gasteiger partial charge < -0.3 is 30.0 Å². The first kappa shape index (κ1) is 24.7. The highest BCUT2D eigenvalue weighted by molar-refractivity contribution is 5.47. The van der Waals surface area contributed by atoms with Crippen molar-refractivity contribution in [1.29, 1.82) is 0 Å². The van der Waals surface area contributed by atoms with Crippen molar-refractivity contribution in [1.82, 2.24) is 0 Å². The third kappa shape index (κ3) is 8.35. The van der Waals surface area contributed by atoms with Crippen molar-refractivity contribution in [2.45, 2.75) is 72.8 Å². The second-order valence-corrected chi connectivity index (χ2v) is 7.90. The molecule has 8 nitrogen and oxygen atoms in total. The Bertz CT molecular complexity index is 374. The summed E-state index contributed by atoms with van der Waals surface area (Å²) in [6.07, 6.45) is -0.135. The summed E-state index contributed by atoms with van der Waals surface area (Å²) in [7, 11) is 0. The minimum atomic E-state index is -2.33. The summed E-state index contributed by atoms with van der Waals surface area (Å²) < 4.78 is 0. The molecule has 0 spiro atoms. The van der Waals surface area contributed by atoms with Crippen LogP contribution in [0.15, 0.2) is 0 Å². The summed E-state index contributed by atoms with van der Waals surface area (Å²) >= 11 is 0. The first-order valence-electron chi connectivity index (χ1n) is 7.70. The van der Waals surface area contributed by atoms with Crippen molar-refractivity contribution in [3.8, 4) is 0 Å². The molecule has 1 fully saturated rings. The molecule has 144 valence electrons. The zero-order valence-electron chi connectivity index (χ0n) is 15.2. The van der Waals surface area contributed by atoms with E-state index >= 15 is 0 Å². The van der Waals surface area contributed by atoms with Crippen LogP contribution in [-0.4, -0.2) is 23.2 Å². The fourth-order valence-corrected chi connectivity index (χ4v) is 3.42. The molecule has 8 heteroatoms. The van der Waals surface area contributed by atoms with E-state index in [1.165, 1.54) is 6.42 Å². The number of hydrogen-bond acceptors (Lipinski definition) is 8. The Kier molecular flexibility index (Phi) is 9.97. The molecule has 0 bridgehead atoms. The number of rotatable bonds is 1. The Hall–Kier alpha value is -1.54. The monoisotopic (exact) mass is 348 g/mol. The maximum atomic E-state index is 9.51. The van der Waals surface area contributed by atoms with Gasteiger partial charge in [-0.15, -0.1) is 0 Å². The zero-order chi connectivity index (χ0) is 19.8. The van der Waals surface area contributed by atoms with Gasteiger partial charge in [0.15, 0.2) is 0 Å². The van der Waals surface area contributed by atoms with Gasteiger partial charge in [-0.2, -0.15) is 0 Å². The van der Waals surface area contributed by atoms with Crippen LogP contribution in [0.2, 0.25) is 0 Å². The third-order valence-electron chi connectivity index (χ3n) is 4.33. The summed E-state index contributed by atoms with van der Waals surface area (Å²) in [5.74, 6) is 0.416. The van der Waals surface area contributed by atoms with Crippen LogP contribution >= 0.6 is 0 Å². The van der Waals surface area contributed by atoms with Gasteiger partial charge >= 0.3 is 0 Å². The van der Waals surface area contributed by atoms with E-state index in [2.05, 4.69) is 41.5 Å². The molecule has 2 unspecified atom stereocenters. The molecule has 1 aliphatic carbocycles. The average molecular weight is 348 g/mol. The van der Waals surface area contributed by atoms with Gasteiger partial charge in [0.1, 0.15) is 5.60 Å². The minimum absolute atomic E-state index is 0.0277. The summed E-state index contributed by atoms with van der Waals surface area (Å²) in [4.78, 5) is 21.7. The van der Waals surface area contributed by atoms with Crippen LogP contribution in [0.3, 0.4) is 0 Å². The second-order valence-electron chi connectivity index (χ2n) is 7.90. The van der Waals surface area contributed by atoms with Crippen LogP contribution in [0.25, 0.3) is 0 Å². The number of carboxylic acid groups (broad SMARTS) is 4. The zero-order valence-corrected chi connectivity index (χ0v) is 15.2. The molecule has 0 aromatic rings. The predicted octanol–water partition coefficient (Wildman–Crippen LogP) is -0.397. The Labute approximate surface area is 143 Å². The molecule has 2 atom stereocenters. The lowest BCUT2D eigenvalue weighted by Gasteiger charge is -2.54. The molecule has 1 rings (SSSR count). The summed E-state index contributed by atoms with van der Waals surface area (Å²) in [5, 5.41) is 42.8. The van der Waals surface area contributed by atoms with Gasteiger partial charge in [-0.3, -0.25) is 5.26 Å². The van der Waals surface area contributed by atoms with Crippen LogP contribution in [0.4, 0.5) is 9.59 Å². The first-order valence-corrected chi connectivity index (χ1v) is 7.70. The first-order chi connectivity index (χ1) is 10.6. The van der Waals surface area contributed by atoms with Crippen LogP contribution in [0.1, 0.15) is 67.2 Å². The van der Waals surface area contributed by atoms with E-state index in [9.17, 15) is 5.26 Å². The molecule has 0 radical (unpaired) electrons. The topological polar surface area (TPSA) is 156 Å². The van der Waals surface area contributed by atoms with E-state index in [0.29, 0.717) is 5.92 Å². The van der Waals surface area contributed by atoms with Crippen molar-refractivity contribution in [2.24, 2.45) is 16.7 Å². The van der Waals surface area contributed by atoms with Gasteiger partial charge in [0.2, 0.25) is 0 Å². The van der Waals surface area contributed by atoms with Gasteiger partial charge in [-0.05, 0) is 41.9 Å². The molecule has 1 aliphatic rings. The maximum Gasteiger partial charge on any atom is 0.111 e. The highest BCUT2D eigenvalue weighted by Gasteiger charge is 2.54. The standard InChI is InChI=1S/C14H28O2.2CH2O3/c1-12(2,3)11-9-7-8-10-14(11,16-15)13(4,5)6;2*2-1(3)4/h11,15H,7-10H2,1-6H3;2*(H2,2,3,4)/p-4. The quantitative estimate of drug-likeness (QED) is 0.495. The number of carbonyl (C=O) groups is 2. The summed E-state index contributed by atoms with van der Waals surface area (Å²) in [5.41, 5.74) is -0.236. The molecule has 0 aliphatic heterocycles. The van der Waals surface area contributed by atoms with E-state index in [0.717, 1.165) is 19.3 Å². The lowest BCUT2D eigenvalue weighted by Crippen LogP contribution is -2.56. The van der Waals surface area contributed by atoms with Gasteiger partial charge in [-0.1, -0.05) is 54.4 Å². The number of hydrogen-bond donors (Lipinski definition) is 1. The fourth-order valence-electron chi connectivity index (χ4n) is 3.42. The van der Waals surface area contributed by atoms with Gasteiger partial charge in [0, 0.05) is 0 Å². The Morgan fingerprint density at radius 1 is 0.958 bits per heavy atom. The summed E-state index contributed by atoms with van der Waals surface area (Å²) in [6.45, 7) is 13.3. The molecular formula is C16H28O8-4. The Morgan fingerprint density at radius 3 is 1.54 bits per heavy atom. The molecule has 0 aromatic heterocycles. The van der Waals surface area contributed by atoms with Crippen molar-refractivity contribution in [2.75, 3.05) is 0 Å². The molecule has 0 heterocycles. The van der Waals surface area contributed by atoms with E-state index in [4.69, 9.17) is 34.9 Å². The lowest BCUT2D eigenvalue weighted by atomic mass is 9.56. The normalized spacial score (nSPS) is 23.9. The summed E-state index contributed by atoms with van der Waals surface area (Å²) in [6, 6.07) is 0. The maximum absolute atomic E-state index is 9.51. The lowest BCUT2D eigenvalue weighted by molar-refractivity contribution is -0.417. The molecule has 0 aromatic carbocycles. The van der Waals surface area contributed by atoms with E-state index in [1.807, 2.05) is 0 Å². The van der Waals surface area contributed by atoms with E-state index in [-0.39, 0.29) is 16.4 Å². The molecule has 0 amide bonds. The van der Waals surface area contributed by atoms with Crippen LogP contribution in [0, 0.1) is 16.7 Å².